The van der Waals surface area contributed by atoms with Crippen molar-refractivity contribution < 1.29 is 4.74 Å². The Balaban J connectivity index is 0.00000272. The molecule has 3 aromatic rings. The highest BCUT2D eigenvalue weighted by Crippen LogP contribution is 2.13. The van der Waals surface area contributed by atoms with E-state index in [1.165, 1.54) is 5.56 Å². The molecule has 0 amide bonds. The number of fused-ring (bicyclic) bond motifs is 1. The first-order valence-electron chi connectivity index (χ1n) is 10.2. The third-order valence-electron chi connectivity index (χ3n) is 5.15. The van der Waals surface area contributed by atoms with E-state index in [0.29, 0.717) is 13.2 Å². The van der Waals surface area contributed by atoms with Gasteiger partial charge in [-0.25, -0.2) is 14.6 Å². The molecule has 4 rings (SSSR count). The number of ether oxygens (including phenoxy) is 1. The molecule has 0 saturated carbocycles. The summed E-state index contributed by atoms with van der Waals surface area (Å²) < 4.78 is 9.25. The fourth-order valence-electron chi connectivity index (χ4n) is 3.65. The Morgan fingerprint density at radius 3 is 2.90 bits per heavy atom. The van der Waals surface area contributed by atoms with Crippen LogP contribution in [0.15, 0.2) is 47.7 Å². The maximum absolute atomic E-state index is 5.14. The van der Waals surface area contributed by atoms with Gasteiger partial charge in [0.15, 0.2) is 11.8 Å². The molecular weight excluding hydrogens is 507 g/mol. The van der Waals surface area contributed by atoms with E-state index in [9.17, 15) is 0 Å². The summed E-state index contributed by atoms with van der Waals surface area (Å²) in [5.41, 5.74) is 1.25. The minimum Gasteiger partial charge on any atom is -0.377 e. The lowest BCUT2D eigenvalue weighted by Crippen LogP contribution is -2.47. The van der Waals surface area contributed by atoms with Crippen LogP contribution in [0.1, 0.15) is 29.5 Å². The molecule has 3 heterocycles. The van der Waals surface area contributed by atoms with Gasteiger partial charge in [-0.15, -0.1) is 24.0 Å². The molecule has 1 aromatic carbocycles. The summed E-state index contributed by atoms with van der Waals surface area (Å²) in [6.45, 7) is 2.59. The van der Waals surface area contributed by atoms with Crippen LogP contribution in [0, 0.1) is 0 Å². The summed E-state index contributed by atoms with van der Waals surface area (Å²) in [4.78, 5) is 13.4. The highest BCUT2D eigenvalue weighted by atomic mass is 127. The molecule has 0 spiro atoms. The zero-order chi connectivity index (χ0) is 20.8. The maximum atomic E-state index is 5.14. The molecule has 0 aliphatic carbocycles. The predicted molar refractivity (Wildman–Crippen MR) is 129 cm³/mol. The number of aryl methyl sites for hydroxylation is 1. The molecule has 2 aromatic heterocycles. The molecule has 0 fully saturated rings. The predicted octanol–water partition coefficient (Wildman–Crippen LogP) is 1.97. The molecule has 1 aliphatic heterocycles. The topological polar surface area (TPSA) is 94.2 Å². The van der Waals surface area contributed by atoms with Crippen LogP contribution in [0.2, 0.25) is 0 Å². The molecule has 1 atom stereocenters. The summed E-state index contributed by atoms with van der Waals surface area (Å²) in [6.07, 6.45) is 5.70. The van der Waals surface area contributed by atoms with Gasteiger partial charge >= 0.3 is 0 Å². The summed E-state index contributed by atoms with van der Waals surface area (Å²) in [5.74, 6) is 3.48. The number of aromatic nitrogens is 5. The van der Waals surface area contributed by atoms with Crippen molar-refractivity contribution in [3.63, 3.8) is 0 Å². The van der Waals surface area contributed by atoms with Gasteiger partial charge in [-0.3, -0.25) is 4.99 Å². The minimum absolute atomic E-state index is 0. The lowest BCUT2D eigenvalue weighted by molar-refractivity contribution is 0.177. The molecule has 1 unspecified atom stereocenters. The van der Waals surface area contributed by atoms with Crippen molar-refractivity contribution in [2.24, 2.45) is 4.99 Å². The molecule has 166 valence electrons. The van der Waals surface area contributed by atoms with Gasteiger partial charge in [-0.05, 0) is 12.0 Å². The standard InChI is InChI=1S/C21H28N8O.HI/c1-22-21(25-17-8-9-19-26-18(15-30-2)27-29(19)14-17)24-12-20-23-10-11-28(20)13-16-6-4-3-5-7-16;/h3-7,10-11,17H,8-9,12-15H2,1-2H3,(H2,22,24,25);1H. The van der Waals surface area contributed by atoms with Crippen molar-refractivity contribution in [1.29, 1.82) is 0 Å². The average Bonchev–Trinajstić information content (AvgIpc) is 3.38. The van der Waals surface area contributed by atoms with Crippen LogP contribution in [0.4, 0.5) is 0 Å². The third-order valence-corrected chi connectivity index (χ3v) is 5.15. The summed E-state index contributed by atoms with van der Waals surface area (Å²) in [7, 11) is 3.44. The fraction of sp³-hybridized carbons (Fsp3) is 0.429. The number of methoxy groups -OCH3 is 1. The first kappa shape index (κ1) is 23.2. The van der Waals surface area contributed by atoms with Crippen LogP contribution in [-0.2, 0) is 37.4 Å². The SMILES string of the molecule is CN=C(NCc1nccn1Cc1ccccc1)NC1CCc2nc(COC)nn2C1.I. The number of rotatable bonds is 7. The van der Waals surface area contributed by atoms with Gasteiger partial charge < -0.3 is 19.9 Å². The van der Waals surface area contributed by atoms with E-state index >= 15 is 0 Å². The first-order valence-corrected chi connectivity index (χ1v) is 10.2. The Hall–Kier alpha value is -2.47. The van der Waals surface area contributed by atoms with Crippen LogP contribution < -0.4 is 10.6 Å². The van der Waals surface area contributed by atoms with Gasteiger partial charge in [0.1, 0.15) is 18.3 Å². The largest absolute Gasteiger partial charge is 0.377 e. The van der Waals surface area contributed by atoms with Crippen LogP contribution in [0.5, 0.6) is 0 Å². The minimum atomic E-state index is 0. The zero-order valence-corrected chi connectivity index (χ0v) is 20.2. The Labute approximate surface area is 199 Å². The van der Waals surface area contributed by atoms with Crippen molar-refractivity contribution in [2.45, 2.75) is 45.1 Å². The number of benzene rings is 1. The second kappa shape index (κ2) is 11.2. The number of aliphatic imine (C=N–C) groups is 1. The Morgan fingerprint density at radius 1 is 1.29 bits per heavy atom. The fourth-order valence-corrected chi connectivity index (χ4v) is 3.65. The highest BCUT2D eigenvalue weighted by molar-refractivity contribution is 14.0. The average molecular weight is 536 g/mol. The van der Waals surface area contributed by atoms with Crippen molar-refractivity contribution in [3.05, 3.63) is 65.8 Å². The van der Waals surface area contributed by atoms with Crippen molar-refractivity contribution in [2.75, 3.05) is 14.2 Å². The monoisotopic (exact) mass is 536 g/mol. The van der Waals surface area contributed by atoms with Gasteiger partial charge in [-0.1, -0.05) is 30.3 Å². The summed E-state index contributed by atoms with van der Waals surface area (Å²) in [5, 5.41) is 11.4. The van der Waals surface area contributed by atoms with E-state index in [4.69, 9.17) is 4.74 Å². The van der Waals surface area contributed by atoms with E-state index in [2.05, 4.69) is 59.5 Å². The second-order valence-corrected chi connectivity index (χ2v) is 7.32. The molecule has 1 aliphatic rings. The van der Waals surface area contributed by atoms with E-state index in [-0.39, 0.29) is 30.0 Å². The number of nitrogens with one attached hydrogen (secondary N) is 2. The Kier molecular flexibility index (Phi) is 8.41. The molecule has 2 N–H and O–H groups in total. The quantitative estimate of drug-likeness (QED) is 0.273. The zero-order valence-electron chi connectivity index (χ0n) is 17.9. The molecule has 9 nitrogen and oxygen atoms in total. The number of hydrogen-bond donors (Lipinski definition) is 2. The van der Waals surface area contributed by atoms with E-state index in [0.717, 1.165) is 49.4 Å². The number of halogens is 1. The van der Waals surface area contributed by atoms with Crippen LogP contribution in [0.25, 0.3) is 0 Å². The van der Waals surface area contributed by atoms with Crippen molar-refractivity contribution in [3.8, 4) is 0 Å². The number of imidazole rings is 1. The number of hydrogen-bond acceptors (Lipinski definition) is 5. The van der Waals surface area contributed by atoms with Gasteiger partial charge in [-0.2, -0.15) is 5.10 Å². The normalized spacial score (nSPS) is 15.8. The second-order valence-electron chi connectivity index (χ2n) is 7.32. The molecule has 0 bridgehead atoms. The first-order chi connectivity index (χ1) is 14.7. The van der Waals surface area contributed by atoms with E-state index in [1.54, 1.807) is 14.2 Å². The molecule has 0 saturated heterocycles. The van der Waals surface area contributed by atoms with Gasteiger partial charge in [0.25, 0.3) is 0 Å². The maximum Gasteiger partial charge on any atom is 0.191 e. The van der Waals surface area contributed by atoms with E-state index in [1.807, 2.05) is 23.1 Å². The van der Waals surface area contributed by atoms with E-state index < -0.39 is 0 Å². The number of nitrogens with zero attached hydrogens (tertiary/aromatic N) is 6. The van der Waals surface area contributed by atoms with Crippen LogP contribution >= 0.6 is 24.0 Å². The summed E-state index contributed by atoms with van der Waals surface area (Å²) >= 11 is 0. The smallest absolute Gasteiger partial charge is 0.191 e. The highest BCUT2D eigenvalue weighted by Gasteiger charge is 2.22. The lowest BCUT2D eigenvalue weighted by Gasteiger charge is -2.25. The van der Waals surface area contributed by atoms with Gasteiger partial charge in [0.2, 0.25) is 0 Å². The molecule has 0 radical (unpaired) electrons. The van der Waals surface area contributed by atoms with Crippen LogP contribution in [-0.4, -0.2) is 50.5 Å². The molecule has 10 heteroatoms. The lowest BCUT2D eigenvalue weighted by atomic mass is 10.1. The Bertz CT molecular complexity index is 984. The van der Waals surface area contributed by atoms with Gasteiger partial charge in [0, 0.05) is 45.6 Å². The van der Waals surface area contributed by atoms with Crippen molar-refractivity contribution >= 4 is 29.9 Å². The number of guanidine groups is 1. The van der Waals surface area contributed by atoms with Crippen molar-refractivity contribution in [1.82, 2.24) is 34.9 Å². The van der Waals surface area contributed by atoms with Gasteiger partial charge in [0.05, 0.1) is 13.1 Å². The molecular formula is C21H29IN8O. The molecule has 31 heavy (non-hydrogen) atoms. The third kappa shape index (κ3) is 6.03. The summed E-state index contributed by atoms with van der Waals surface area (Å²) in [6, 6.07) is 10.6. The van der Waals surface area contributed by atoms with Crippen LogP contribution in [0.3, 0.4) is 0 Å². The Morgan fingerprint density at radius 2 is 2.13 bits per heavy atom.